The lowest BCUT2D eigenvalue weighted by Crippen LogP contribution is -2.50. The Kier molecular flexibility index (Phi) is 5.25. The van der Waals surface area contributed by atoms with Crippen LogP contribution in [0.2, 0.25) is 0 Å². The van der Waals surface area contributed by atoms with Crippen molar-refractivity contribution in [3.63, 3.8) is 0 Å². The summed E-state index contributed by atoms with van der Waals surface area (Å²) < 4.78 is 6.04. The van der Waals surface area contributed by atoms with Gasteiger partial charge in [-0.15, -0.1) is 6.58 Å². The van der Waals surface area contributed by atoms with Crippen molar-refractivity contribution < 1.29 is 9.53 Å². The largest absolute Gasteiger partial charge is 0.450 e. The predicted octanol–water partition coefficient (Wildman–Crippen LogP) is 0.0806. The molecule has 1 saturated heterocycles. The molecule has 8 heteroatoms. The Morgan fingerprint density at radius 2 is 1.96 bits per heavy atom. The molecule has 0 radical (unpaired) electrons. The molecule has 0 saturated carbocycles. The normalized spacial score (nSPS) is 14.7. The van der Waals surface area contributed by atoms with E-state index in [-0.39, 0.29) is 11.7 Å². The van der Waals surface area contributed by atoms with E-state index in [4.69, 9.17) is 4.74 Å². The number of carbonyl (C=O) groups is 1. The highest BCUT2D eigenvalue weighted by Gasteiger charge is 2.25. The SMILES string of the molecule is C=CCc1c(N2CCN(C(=O)OCC)CC2)[nH]c(=O)n(C)c1=O. The summed E-state index contributed by atoms with van der Waals surface area (Å²) in [7, 11) is 1.44. The van der Waals surface area contributed by atoms with Crippen LogP contribution in [0.4, 0.5) is 10.6 Å². The number of rotatable bonds is 4. The number of amides is 1. The van der Waals surface area contributed by atoms with Crippen LogP contribution >= 0.6 is 0 Å². The molecule has 0 spiro atoms. The highest BCUT2D eigenvalue weighted by atomic mass is 16.6. The maximum atomic E-state index is 12.3. The second-order valence-corrected chi connectivity index (χ2v) is 5.29. The molecule has 2 heterocycles. The quantitative estimate of drug-likeness (QED) is 0.793. The Labute approximate surface area is 134 Å². The number of aromatic amines is 1. The summed E-state index contributed by atoms with van der Waals surface area (Å²) in [5.74, 6) is 0.515. The van der Waals surface area contributed by atoms with Gasteiger partial charge in [0, 0.05) is 33.2 Å². The number of H-pyrrole nitrogens is 1. The Balaban J connectivity index is 2.24. The van der Waals surface area contributed by atoms with Gasteiger partial charge in [-0.25, -0.2) is 9.59 Å². The zero-order valence-electron chi connectivity index (χ0n) is 13.5. The summed E-state index contributed by atoms with van der Waals surface area (Å²) in [6, 6.07) is 0. The third kappa shape index (κ3) is 3.46. The molecule has 1 aliphatic rings. The fourth-order valence-electron chi connectivity index (χ4n) is 2.58. The second kappa shape index (κ2) is 7.17. The van der Waals surface area contributed by atoms with Crippen LogP contribution in [0.15, 0.2) is 22.2 Å². The number of ether oxygens (including phenoxy) is 1. The van der Waals surface area contributed by atoms with Gasteiger partial charge in [0.25, 0.3) is 5.56 Å². The first-order chi connectivity index (χ1) is 11.0. The molecule has 2 rings (SSSR count). The summed E-state index contributed by atoms with van der Waals surface area (Å²) in [4.78, 5) is 42.2. The number of piperazine rings is 1. The average molecular weight is 322 g/mol. The summed E-state index contributed by atoms with van der Waals surface area (Å²) in [5.41, 5.74) is -0.270. The van der Waals surface area contributed by atoms with Crippen LogP contribution in [0, 0.1) is 0 Å². The summed E-state index contributed by atoms with van der Waals surface area (Å²) in [6.45, 7) is 7.76. The standard InChI is InChI=1S/C15H22N4O4/c1-4-6-11-12(16-14(21)17(3)13(11)20)18-7-9-19(10-8-18)15(22)23-5-2/h4H,1,5-10H2,2-3H3,(H,16,21). The topological polar surface area (TPSA) is 87.6 Å². The van der Waals surface area contributed by atoms with Gasteiger partial charge in [0.2, 0.25) is 0 Å². The first-order valence-corrected chi connectivity index (χ1v) is 7.59. The van der Waals surface area contributed by atoms with Gasteiger partial charge in [-0.2, -0.15) is 0 Å². The van der Waals surface area contributed by atoms with Crippen molar-refractivity contribution in [1.82, 2.24) is 14.5 Å². The number of allylic oxidation sites excluding steroid dienone is 1. The average Bonchev–Trinajstić information content (AvgIpc) is 2.55. The molecule has 0 aliphatic carbocycles. The lowest BCUT2D eigenvalue weighted by molar-refractivity contribution is 0.105. The van der Waals surface area contributed by atoms with Crippen LogP contribution in [-0.4, -0.2) is 53.3 Å². The van der Waals surface area contributed by atoms with Crippen molar-refractivity contribution in [1.29, 1.82) is 0 Å². The molecule has 0 unspecified atom stereocenters. The van der Waals surface area contributed by atoms with Gasteiger partial charge in [-0.3, -0.25) is 14.3 Å². The molecule has 1 fully saturated rings. The minimum atomic E-state index is -0.453. The Morgan fingerprint density at radius 3 is 2.52 bits per heavy atom. The summed E-state index contributed by atoms with van der Waals surface area (Å²) in [5, 5.41) is 0. The zero-order valence-corrected chi connectivity index (χ0v) is 13.5. The molecule has 1 aromatic rings. The van der Waals surface area contributed by atoms with Crippen LogP contribution < -0.4 is 16.1 Å². The summed E-state index contributed by atoms with van der Waals surface area (Å²) >= 11 is 0. The van der Waals surface area contributed by atoms with Crippen molar-refractivity contribution in [2.75, 3.05) is 37.7 Å². The Morgan fingerprint density at radius 1 is 1.30 bits per heavy atom. The smallest absolute Gasteiger partial charge is 0.409 e. The fourth-order valence-corrected chi connectivity index (χ4v) is 2.58. The van der Waals surface area contributed by atoms with E-state index in [9.17, 15) is 14.4 Å². The predicted molar refractivity (Wildman–Crippen MR) is 87.0 cm³/mol. The van der Waals surface area contributed by atoms with Crippen LogP contribution in [0.5, 0.6) is 0 Å². The van der Waals surface area contributed by atoms with E-state index in [0.29, 0.717) is 50.6 Å². The molecule has 0 aromatic carbocycles. The van der Waals surface area contributed by atoms with E-state index in [1.54, 1.807) is 17.9 Å². The van der Waals surface area contributed by atoms with Crippen LogP contribution in [0.1, 0.15) is 12.5 Å². The molecule has 126 valence electrons. The van der Waals surface area contributed by atoms with E-state index >= 15 is 0 Å². The van der Waals surface area contributed by atoms with Crippen molar-refractivity contribution in [3.05, 3.63) is 39.1 Å². The number of aromatic nitrogens is 2. The second-order valence-electron chi connectivity index (χ2n) is 5.29. The van der Waals surface area contributed by atoms with Crippen LogP contribution in [-0.2, 0) is 18.2 Å². The van der Waals surface area contributed by atoms with Gasteiger partial charge in [0.05, 0.1) is 12.2 Å². The Bertz CT molecular complexity index is 698. The minimum absolute atomic E-state index is 0.323. The highest BCUT2D eigenvalue weighted by molar-refractivity contribution is 5.68. The molecule has 1 N–H and O–H groups in total. The van der Waals surface area contributed by atoms with Gasteiger partial charge in [-0.1, -0.05) is 6.08 Å². The lowest BCUT2D eigenvalue weighted by atomic mass is 10.2. The van der Waals surface area contributed by atoms with Crippen molar-refractivity contribution in [3.8, 4) is 0 Å². The first-order valence-electron chi connectivity index (χ1n) is 7.59. The number of nitrogens with zero attached hydrogens (tertiary/aromatic N) is 3. The van der Waals surface area contributed by atoms with Gasteiger partial charge in [0.1, 0.15) is 5.82 Å². The molecular formula is C15H22N4O4. The third-order valence-corrected chi connectivity index (χ3v) is 3.85. The summed E-state index contributed by atoms with van der Waals surface area (Å²) in [6.07, 6.45) is 1.67. The number of hydrogen-bond donors (Lipinski definition) is 1. The number of hydrogen-bond acceptors (Lipinski definition) is 5. The third-order valence-electron chi connectivity index (χ3n) is 3.85. The van der Waals surface area contributed by atoms with E-state index in [1.807, 2.05) is 4.90 Å². The molecule has 8 nitrogen and oxygen atoms in total. The molecule has 23 heavy (non-hydrogen) atoms. The molecule has 0 bridgehead atoms. The van der Waals surface area contributed by atoms with Crippen molar-refractivity contribution in [2.24, 2.45) is 7.05 Å². The molecular weight excluding hydrogens is 300 g/mol. The lowest BCUT2D eigenvalue weighted by Gasteiger charge is -2.35. The van der Waals surface area contributed by atoms with E-state index < -0.39 is 5.69 Å². The molecule has 1 amide bonds. The highest BCUT2D eigenvalue weighted by Crippen LogP contribution is 2.16. The molecule has 1 aromatic heterocycles. The first kappa shape index (κ1) is 16.9. The molecule has 1 aliphatic heterocycles. The fraction of sp³-hybridized carbons (Fsp3) is 0.533. The monoisotopic (exact) mass is 322 g/mol. The minimum Gasteiger partial charge on any atom is -0.450 e. The Hall–Kier alpha value is -2.51. The van der Waals surface area contributed by atoms with Crippen molar-refractivity contribution >= 4 is 11.9 Å². The maximum Gasteiger partial charge on any atom is 0.409 e. The van der Waals surface area contributed by atoms with Crippen LogP contribution in [0.3, 0.4) is 0 Å². The van der Waals surface area contributed by atoms with E-state index in [0.717, 1.165) is 4.57 Å². The van der Waals surface area contributed by atoms with Crippen molar-refractivity contribution in [2.45, 2.75) is 13.3 Å². The van der Waals surface area contributed by atoms with Gasteiger partial charge < -0.3 is 14.5 Å². The number of carbonyl (C=O) groups excluding carboxylic acids is 1. The number of anilines is 1. The number of nitrogens with one attached hydrogen (secondary N) is 1. The molecule has 0 atom stereocenters. The van der Waals surface area contributed by atoms with Gasteiger partial charge in [0.15, 0.2) is 0 Å². The zero-order chi connectivity index (χ0) is 17.0. The van der Waals surface area contributed by atoms with Crippen LogP contribution in [0.25, 0.3) is 0 Å². The van der Waals surface area contributed by atoms with Gasteiger partial charge in [-0.05, 0) is 13.3 Å². The maximum absolute atomic E-state index is 12.3. The van der Waals surface area contributed by atoms with E-state index in [2.05, 4.69) is 11.6 Å². The van der Waals surface area contributed by atoms with E-state index in [1.165, 1.54) is 7.05 Å². The van der Waals surface area contributed by atoms with Gasteiger partial charge >= 0.3 is 11.8 Å².